The Labute approximate surface area is 124 Å². The van der Waals surface area contributed by atoms with Gasteiger partial charge in [0.2, 0.25) is 0 Å². The van der Waals surface area contributed by atoms with Crippen molar-refractivity contribution in [3.8, 4) is 0 Å². The van der Waals surface area contributed by atoms with Crippen LogP contribution in [0.4, 0.5) is 0 Å². The highest BCUT2D eigenvalue weighted by molar-refractivity contribution is 5.94. The molecule has 2 aromatic rings. The van der Waals surface area contributed by atoms with Crippen LogP contribution in [0.5, 0.6) is 0 Å². The molecule has 1 aliphatic heterocycles. The van der Waals surface area contributed by atoms with E-state index in [0.29, 0.717) is 0 Å². The predicted octanol–water partition coefficient (Wildman–Crippen LogP) is 1.37. The summed E-state index contributed by atoms with van der Waals surface area (Å²) < 4.78 is 1.87. The lowest BCUT2D eigenvalue weighted by Crippen LogP contribution is -2.52. The molecule has 0 unspecified atom stereocenters. The summed E-state index contributed by atoms with van der Waals surface area (Å²) in [5.41, 5.74) is 1.90. The normalized spacial score (nSPS) is 18.7. The van der Waals surface area contributed by atoms with E-state index >= 15 is 0 Å². The van der Waals surface area contributed by atoms with Gasteiger partial charge in [-0.15, -0.1) is 0 Å². The summed E-state index contributed by atoms with van der Waals surface area (Å²) in [6, 6.07) is 9.98. The number of amides is 1. The van der Waals surface area contributed by atoms with Crippen molar-refractivity contribution in [2.45, 2.75) is 19.5 Å². The van der Waals surface area contributed by atoms with E-state index in [1.54, 1.807) is 6.20 Å². The van der Waals surface area contributed by atoms with E-state index in [2.05, 4.69) is 17.3 Å². The first kappa shape index (κ1) is 13.8. The molecule has 1 aliphatic rings. The molecule has 0 saturated carbocycles. The molecule has 1 N–H and O–H groups in total. The van der Waals surface area contributed by atoms with Crippen molar-refractivity contribution in [1.29, 1.82) is 0 Å². The van der Waals surface area contributed by atoms with Crippen LogP contribution in [0.2, 0.25) is 0 Å². The number of hydrogen-bond donors (Lipinski definition) is 1. The van der Waals surface area contributed by atoms with Gasteiger partial charge in [-0.1, -0.05) is 12.1 Å². The van der Waals surface area contributed by atoms with E-state index in [-0.39, 0.29) is 11.9 Å². The van der Waals surface area contributed by atoms with Crippen LogP contribution in [0.15, 0.2) is 42.7 Å². The van der Waals surface area contributed by atoms with Crippen molar-refractivity contribution in [1.82, 2.24) is 20.0 Å². The molecule has 110 valence electrons. The molecule has 1 amide bonds. The number of carbonyl (C=O) groups excluding carboxylic acids is 1. The van der Waals surface area contributed by atoms with Crippen LogP contribution in [0, 0.1) is 0 Å². The number of piperazine rings is 1. The fraction of sp³-hybridized carbons (Fsp3) is 0.375. The zero-order valence-electron chi connectivity index (χ0n) is 12.2. The molecule has 0 aliphatic carbocycles. The zero-order valence-corrected chi connectivity index (χ0v) is 12.2. The molecule has 1 atom stereocenters. The first-order chi connectivity index (χ1) is 10.2. The largest absolute Gasteiger partial charge is 0.333 e. The Hall–Kier alpha value is -2.14. The van der Waals surface area contributed by atoms with Gasteiger partial charge in [-0.05, 0) is 30.7 Å². The molecule has 1 aromatic carbocycles. The number of hydrogen-bond acceptors (Lipinski definition) is 3. The third-order valence-corrected chi connectivity index (χ3v) is 3.87. The molecule has 0 spiro atoms. The highest BCUT2D eigenvalue weighted by Crippen LogP contribution is 2.12. The van der Waals surface area contributed by atoms with Crippen LogP contribution >= 0.6 is 0 Å². The highest BCUT2D eigenvalue weighted by Gasteiger charge is 2.23. The molecule has 1 aromatic heterocycles. The Kier molecular flexibility index (Phi) is 4.01. The standard InChI is InChI=1S/C16H20N4O/c1-13-11-17-8-10-20(13)16(21)15-5-3-14(4-6-15)12-19-9-2-7-18-19/h2-7,9,13,17H,8,10-12H2,1H3/t13-/m1/s1. The zero-order chi connectivity index (χ0) is 14.7. The first-order valence-electron chi connectivity index (χ1n) is 7.32. The van der Waals surface area contributed by atoms with Gasteiger partial charge in [0.05, 0.1) is 6.54 Å². The second-order valence-corrected chi connectivity index (χ2v) is 5.45. The first-order valence-corrected chi connectivity index (χ1v) is 7.32. The average Bonchev–Trinajstić information content (AvgIpc) is 3.01. The summed E-state index contributed by atoms with van der Waals surface area (Å²) in [4.78, 5) is 14.5. The van der Waals surface area contributed by atoms with Gasteiger partial charge in [0.1, 0.15) is 0 Å². The quantitative estimate of drug-likeness (QED) is 0.926. The third kappa shape index (κ3) is 3.13. The molecule has 3 rings (SSSR count). The van der Waals surface area contributed by atoms with Crippen LogP contribution in [0.25, 0.3) is 0 Å². The van der Waals surface area contributed by atoms with Crippen molar-refractivity contribution in [3.63, 3.8) is 0 Å². The van der Waals surface area contributed by atoms with Gasteiger partial charge in [-0.3, -0.25) is 9.48 Å². The van der Waals surface area contributed by atoms with Gasteiger partial charge >= 0.3 is 0 Å². The maximum absolute atomic E-state index is 12.5. The van der Waals surface area contributed by atoms with Gasteiger partial charge in [0.25, 0.3) is 5.91 Å². The molecule has 5 heteroatoms. The van der Waals surface area contributed by atoms with Crippen LogP contribution in [0.1, 0.15) is 22.8 Å². The molecule has 1 saturated heterocycles. The maximum atomic E-state index is 12.5. The molecule has 0 radical (unpaired) electrons. The minimum atomic E-state index is 0.120. The number of rotatable bonds is 3. The summed E-state index contributed by atoms with van der Waals surface area (Å²) in [6.07, 6.45) is 3.70. The molecule has 1 fully saturated rings. The van der Waals surface area contributed by atoms with Crippen molar-refractivity contribution in [2.24, 2.45) is 0 Å². The van der Waals surface area contributed by atoms with Crippen LogP contribution < -0.4 is 5.32 Å². The van der Waals surface area contributed by atoms with E-state index in [1.165, 1.54) is 0 Å². The minimum Gasteiger partial charge on any atom is -0.333 e. The Morgan fingerprint density at radius 2 is 2.19 bits per heavy atom. The summed E-state index contributed by atoms with van der Waals surface area (Å²) in [6.45, 7) is 5.31. The molecular formula is C16H20N4O. The number of nitrogens with one attached hydrogen (secondary N) is 1. The fourth-order valence-corrected chi connectivity index (χ4v) is 2.64. The van der Waals surface area contributed by atoms with Crippen molar-refractivity contribution < 1.29 is 4.79 Å². The van der Waals surface area contributed by atoms with Crippen molar-refractivity contribution >= 4 is 5.91 Å². The summed E-state index contributed by atoms with van der Waals surface area (Å²) in [5.74, 6) is 0.120. The molecule has 0 bridgehead atoms. The Morgan fingerprint density at radius 3 is 2.86 bits per heavy atom. The van der Waals surface area contributed by atoms with Gasteiger partial charge in [-0.2, -0.15) is 5.10 Å². The topological polar surface area (TPSA) is 50.2 Å². The summed E-state index contributed by atoms with van der Waals surface area (Å²) in [5, 5.41) is 7.49. The van der Waals surface area contributed by atoms with Gasteiger partial charge < -0.3 is 10.2 Å². The number of carbonyl (C=O) groups is 1. The van der Waals surface area contributed by atoms with E-state index < -0.39 is 0 Å². The van der Waals surface area contributed by atoms with E-state index in [0.717, 1.165) is 37.3 Å². The lowest BCUT2D eigenvalue weighted by atomic mass is 10.1. The Bertz CT molecular complexity index is 591. The third-order valence-electron chi connectivity index (χ3n) is 3.87. The van der Waals surface area contributed by atoms with Crippen LogP contribution in [-0.2, 0) is 6.54 Å². The Morgan fingerprint density at radius 1 is 1.38 bits per heavy atom. The average molecular weight is 284 g/mol. The maximum Gasteiger partial charge on any atom is 0.254 e. The van der Waals surface area contributed by atoms with Crippen LogP contribution in [-0.4, -0.2) is 46.3 Å². The SMILES string of the molecule is C[C@@H]1CNCCN1C(=O)c1ccc(Cn2cccn2)cc1. The highest BCUT2D eigenvalue weighted by atomic mass is 16.2. The molecular weight excluding hydrogens is 264 g/mol. The van der Waals surface area contributed by atoms with Crippen molar-refractivity contribution in [3.05, 3.63) is 53.9 Å². The second kappa shape index (κ2) is 6.10. The number of benzene rings is 1. The monoisotopic (exact) mass is 284 g/mol. The fourth-order valence-electron chi connectivity index (χ4n) is 2.64. The van der Waals surface area contributed by atoms with Crippen LogP contribution in [0.3, 0.4) is 0 Å². The number of aromatic nitrogens is 2. The summed E-state index contributed by atoms with van der Waals surface area (Å²) in [7, 11) is 0. The van der Waals surface area contributed by atoms with Crippen molar-refractivity contribution in [2.75, 3.05) is 19.6 Å². The molecule has 2 heterocycles. The number of nitrogens with zero attached hydrogens (tertiary/aromatic N) is 3. The lowest BCUT2D eigenvalue weighted by molar-refractivity contribution is 0.0656. The van der Waals surface area contributed by atoms with E-state index in [1.807, 2.05) is 46.1 Å². The van der Waals surface area contributed by atoms with E-state index in [4.69, 9.17) is 0 Å². The molecule has 21 heavy (non-hydrogen) atoms. The Balaban J connectivity index is 1.70. The lowest BCUT2D eigenvalue weighted by Gasteiger charge is -2.34. The van der Waals surface area contributed by atoms with E-state index in [9.17, 15) is 4.79 Å². The predicted molar refractivity (Wildman–Crippen MR) is 81.1 cm³/mol. The van der Waals surface area contributed by atoms with Gasteiger partial charge in [0, 0.05) is 43.6 Å². The van der Waals surface area contributed by atoms with Gasteiger partial charge in [-0.25, -0.2) is 0 Å². The summed E-state index contributed by atoms with van der Waals surface area (Å²) >= 11 is 0. The molecule has 5 nitrogen and oxygen atoms in total. The second-order valence-electron chi connectivity index (χ2n) is 5.45. The smallest absolute Gasteiger partial charge is 0.254 e. The van der Waals surface area contributed by atoms with Gasteiger partial charge in [0.15, 0.2) is 0 Å². The minimum absolute atomic E-state index is 0.120.